The molecule has 1 fully saturated rings. The standard InChI is InChI=1S/C21H21N5O4S/c1-31(28,29)25-8-6-15(7-9-25)26-12-23-17-4-2-13(10-16(17)20(26)27)14-3-5-19-18(11-14)24-21(22)30-19/h2-5,10-12,15H,6-9H2,1H3,(H2,22,24). The second kappa shape index (κ2) is 7.17. The van der Waals surface area contributed by atoms with Crippen molar-refractivity contribution in [1.82, 2.24) is 18.8 Å². The van der Waals surface area contributed by atoms with Gasteiger partial charge in [-0.25, -0.2) is 17.7 Å². The maximum absolute atomic E-state index is 13.3. The van der Waals surface area contributed by atoms with Crippen molar-refractivity contribution >= 4 is 38.0 Å². The predicted molar refractivity (Wildman–Crippen MR) is 118 cm³/mol. The lowest BCUT2D eigenvalue weighted by molar-refractivity contribution is 0.271. The molecule has 0 bridgehead atoms. The molecule has 0 radical (unpaired) electrons. The molecule has 5 rings (SSSR count). The second-order valence-corrected chi connectivity index (χ2v) is 9.80. The molecule has 2 N–H and O–H groups in total. The number of fused-ring (bicyclic) bond motifs is 2. The zero-order valence-corrected chi connectivity index (χ0v) is 17.7. The third-order valence-electron chi connectivity index (χ3n) is 5.81. The Labute approximate surface area is 178 Å². The highest BCUT2D eigenvalue weighted by atomic mass is 32.2. The van der Waals surface area contributed by atoms with Gasteiger partial charge in [0.25, 0.3) is 11.6 Å². The third-order valence-corrected chi connectivity index (χ3v) is 7.11. The van der Waals surface area contributed by atoms with Gasteiger partial charge in [-0.2, -0.15) is 4.98 Å². The highest BCUT2D eigenvalue weighted by Gasteiger charge is 2.26. The molecule has 0 saturated carbocycles. The van der Waals surface area contributed by atoms with E-state index in [0.29, 0.717) is 47.9 Å². The molecule has 160 valence electrons. The first-order chi connectivity index (χ1) is 14.8. The number of nitrogens with zero attached hydrogens (tertiary/aromatic N) is 4. The average Bonchev–Trinajstić information content (AvgIpc) is 3.12. The van der Waals surface area contributed by atoms with Crippen molar-refractivity contribution in [3.05, 3.63) is 53.1 Å². The Bertz CT molecular complexity index is 1470. The van der Waals surface area contributed by atoms with E-state index in [1.807, 2.05) is 30.3 Å². The van der Waals surface area contributed by atoms with Crippen LogP contribution in [0.2, 0.25) is 0 Å². The number of hydrogen-bond donors (Lipinski definition) is 1. The van der Waals surface area contributed by atoms with Crippen LogP contribution in [-0.4, -0.2) is 46.6 Å². The van der Waals surface area contributed by atoms with Gasteiger partial charge in [-0.05, 0) is 48.2 Å². The van der Waals surface area contributed by atoms with Crippen LogP contribution in [0.25, 0.3) is 33.1 Å². The Morgan fingerprint density at radius 1 is 1.06 bits per heavy atom. The fraction of sp³-hybridized carbons (Fsp3) is 0.286. The summed E-state index contributed by atoms with van der Waals surface area (Å²) >= 11 is 0. The molecule has 3 heterocycles. The summed E-state index contributed by atoms with van der Waals surface area (Å²) in [5.41, 5.74) is 9.12. The number of piperidine rings is 1. The van der Waals surface area contributed by atoms with Gasteiger partial charge in [-0.1, -0.05) is 12.1 Å². The van der Waals surface area contributed by atoms with Crippen molar-refractivity contribution in [3.8, 4) is 11.1 Å². The Kier molecular flexibility index (Phi) is 4.56. The summed E-state index contributed by atoms with van der Waals surface area (Å²) < 4.78 is 31.9. The van der Waals surface area contributed by atoms with Crippen LogP contribution in [-0.2, 0) is 10.0 Å². The van der Waals surface area contributed by atoms with Crippen LogP contribution in [0.15, 0.2) is 51.9 Å². The zero-order chi connectivity index (χ0) is 21.8. The summed E-state index contributed by atoms with van der Waals surface area (Å²) in [5, 5.41) is 0.519. The number of anilines is 1. The van der Waals surface area contributed by atoms with Crippen LogP contribution in [0.1, 0.15) is 18.9 Å². The molecule has 4 aromatic rings. The van der Waals surface area contributed by atoms with E-state index in [1.54, 1.807) is 17.0 Å². The first-order valence-electron chi connectivity index (χ1n) is 9.92. The number of aromatic nitrogens is 3. The minimum absolute atomic E-state index is 0.0829. The second-order valence-electron chi connectivity index (χ2n) is 7.82. The van der Waals surface area contributed by atoms with Crippen molar-refractivity contribution in [2.24, 2.45) is 0 Å². The van der Waals surface area contributed by atoms with Crippen LogP contribution in [0.4, 0.5) is 6.01 Å². The van der Waals surface area contributed by atoms with Crippen molar-refractivity contribution < 1.29 is 12.8 Å². The van der Waals surface area contributed by atoms with Gasteiger partial charge in [0.15, 0.2) is 5.58 Å². The molecule has 9 nitrogen and oxygen atoms in total. The lowest BCUT2D eigenvalue weighted by Gasteiger charge is -2.31. The Hall–Kier alpha value is -3.24. The Morgan fingerprint density at radius 2 is 1.77 bits per heavy atom. The molecular formula is C21H21N5O4S. The predicted octanol–water partition coefficient (Wildman–Crippen LogP) is 2.38. The number of nitrogens with two attached hydrogens (primary N) is 1. The van der Waals surface area contributed by atoms with Gasteiger partial charge in [0.05, 0.1) is 23.5 Å². The largest absolute Gasteiger partial charge is 0.424 e. The van der Waals surface area contributed by atoms with E-state index in [-0.39, 0.29) is 17.6 Å². The molecule has 0 spiro atoms. The molecule has 0 amide bonds. The van der Waals surface area contributed by atoms with E-state index >= 15 is 0 Å². The molecule has 0 unspecified atom stereocenters. The smallest absolute Gasteiger partial charge is 0.292 e. The Balaban J connectivity index is 1.51. The third kappa shape index (κ3) is 3.57. The summed E-state index contributed by atoms with van der Waals surface area (Å²) in [5.74, 6) is 0. The molecule has 2 aromatic carbocycles. The maximum Gasteiger partial charge on any atom is 0.292 e. The van der Waals surface area contributed by atoms with Gasteiger partial charge in [0.1, 0.15) is 5.52 Å². The summed E-state index contributed by atoms with van der Waals surface area (Å²) in [6, 6.07) is 11.2. The van der Waals surface area contributed by atoms with Gasteiger partial charge < -0.3 is 10.2 Å². The van der Waals surface area contributed by atoms with E-state index in [1.165, 1.54) is 10.6 Å². The molecule has 1 aliphatic heterocycles. The van der Waals surface area contributed by atoms with E-state index in [2.05, 4.69) is 9.97 Å². The number of nitrogen functional groups attached to an aromatic ring is 1. The average molecular weight is 439 g/mol. The topological polar surface area (TPSA) is 124 Å². The highest BCUT2D eigenvalue weighted by Crippen LogP contribution is 2.28. The lowest BCUT2D eigenvalue weighted by Crippen LogP contribution is -2.40. The number of rotatable bonds is 3. The minimum atomic E-state index is -3.22. The lowest BCUT2D eigenvalue weighted by atomic mass is 10.0. The maximum atomic E-state index is 13.3. The number of sulfonamides is 1. The summed E-state index contributed by atoms with van der Waals surface area (Å²) in [7, 11) is -3.22. The first kappa shape index (κ1) is 19.7. The van der Waals surface area contributed by atoms with Crippen LogP contribution in [0.3, 0.4) is 0 Å². The van der Waals surface area contributed by atoms with Gasteiger partial charge in [0.2, 0.25) is 10.0 Å². The molecule has 0 aliphatic carbocycles. The van der Waals surface area contributed by atoms with E-state index < -0.39 is 10.0 Å². The number of benzene rings is 2. The molecule has 31 heavy (non-hydrogen) atoms. The summed E-state index contributed by atoms with van der Waals surface area (Å²) in [4.78, 5) is 21.9. The summed E-state index contributed by atoms with van der Waals surface area (Å²) in [6.45, 7) is 0.795. The van der Waals surface area contributed by atoms with E-state index in [4.69, 9.17) is 10.2 Å². The van der Waals surface area contributed by atoms with Gasteiger partial charge >= 0.3 is 0 Å². The molecule has 0 atom stereocenters. The van der Waals surface area contributed by atoms with E-state index in [0.717, 1.165) is 11.1 Å². The molecule has 1 saturated heterocycles. The normalized spacial score (nSPS) is 16.3. The van der Waals surface area contributed by atoms with Crippen LogP contribution in [0, 0.1) is 0 Å². The van der Waals surface area contributed by atoms with E-state index in [9.17, 15) is 13.2 Å². The van der Waals surface area contributed by atoms with Gasteiger partial charge in [0, 0.05) is 19.1 Å². The molecular weight excluding hydrogens is 418 g/mol. The monoisotopic (exact) mass is 439 g/mol. The van der Waals surface area contributed by atoms with Crippen molar-refractivity contribution in [2.45, 2.75) is 18.9 Å². The fourth-order valence-electron chi connectivity index (χ4n) is 4.15. The number of hydrogen-bond acceptors (Lipinski definition) is 7. The minimum Gasteiger partial charge on any atom is -0.424 e. The van der Waals surface area contributed by atoms with Crippen LogP contribution < -0.4 is 11.3 Å². The first-order valence-corrected chi connectivity index (χ1v) is 11.8. The Morgan fingerprint density at radius 3 is 2.52 bits per heavy atom. The summed E-state index contributed by atoms with van der Waals surface area (Å²) in [6.07, 6.45) is 3.92. The molecule has 10 heteroatoms. The van der Waals surface area contributed by atoms with Crippen LogP contribution >= 0.6 is 0 Å². The molecule has 2 aromatic heterocycles. The highest BCUT2D eigenvalue weighted by molar-refractivity contribution is 7.88. The number of oxazole rings is 1. The molecule has 1 aliphatic rings. The van der Waals surface area contributed by atoms with Crippen molar-refractivity contribution in [3.63, 3.8) is 0 Å². The van der Waals surface area contributed by atoms with Gasteiger partial charge in [-0.15, -0.1) is 0 Å². The zero-order valence-electron chi connectivity index (χ0n) is 16.9. The van der Waals surface area contributed by atoms with Crippen LogP contribution in [0.5, 0.6) is 0 Å². The quantitative estimate of drug-likeness (QED) is 0.520. The fourth-order valence-corrected chi connectivity index (χ4v) is 5.03. The van der Waals surface area contributed by atoms with Gasteiger partial charge in [-0.3, -0.25) is 9.36 Å². The van der Waals surface area contributed by atoms with Crippen molar-refractivity contribution in [2.75, 3.05) is 25.1 Å². The SMILES string of the molecule is CS(=O)(=O)N1CCC(n2cnc3ccc(-c4ccc5oc(N)nc5c4)cc3c2=O)CC1. The van der Waals surface area contributed by atoms with Crippen molar-refractivity contribution in [1.29, 1.82) is 0 Å².